The first-order valence-electron chi connectivity index (χ1n) is 10.9. The van der Waals surface area contributed by atoms with E-state index in [1.165, 1.54) is 35.2 Å². The SMILES string of the molecule is CC1=C(C(=O)Nc2ccccc2)C(c2cccs2)C(C#N)C(SCC(=O)Nc2ccccc2F)N1. The van der Waals surface area contributed by atoms with Gasteiger partial charge < -0.3 is 16.0 Å². The first-order valence-corrected chi connectivity index (χ1v) is 12.8. The highest BCUT2D eigenvalue weighted by Gasteiger charge is 2.42. The van der Waals surface area contributed by atoms with Gasteiger partial charge in [0.15, 0.2) is 0 Å². The molecule has 178 valence electrons. The second kappa shape index (κ2) is 11.2. The zero-order valence-corrected chi connectivity index (χ0v) is 20.5. The number of nitrogens with zero attached hydrogens (tertiary/aromatic N) is 1. The highest BCUT2D eigenvalue weighted by Crippen LogP contribution is 2.43. The summed E-state index contributed by atoms with van der Waals surface area (Å²) in [6.07, 6.45) is 0. The summed E-state index contributed by atoms with van der Waals surface area (Å²) in [5, 5.41) is 20.4. The van der Waals surface area contributed by atoms with Crippen LogP contribution in [0.15, 0.2) is 83.4 Å². The second-order valence-corrected chi connectivity index (χ2v) is 10.0. The van der Waals surface area contributed by atoms with Crippen molar-refractivity contribution >= 4 is 46.3 Å². The van der Waals surface area contributed by atoms with Crippen molar-refractivity contribution in [1.29, 1.82) is 5.26 Å². The monoisotopic (exact) mass is 506 g/mol. The predicted molar refractivity (Wildman–Crippen MR) is 138 cm³/mol. The zero-order chi connectivity index (χ0) is 24.8. The fourth-order valence-corrected chi connectivity index (χ4v) is 5.96. The minimum Gasteiger partial charge on any atom is -0.375 e. The van der Waals surface area contributed by atoms with E-state index in [9.17, 15) is 19.2 Å². The molecular weight excluding hydrogens is 483 g/mol. The Morgan fingerprint density at radius 3 is 2.51 bits per heavy atom. The lowest BCUT2D eigenvalue weighted by molar-refractivity contribution is -0.114. The maximum atomic E-state index is 13.9. The van der Waals surface area contributed by atoms with E-state index in [4.69, 9.17) is 0 Å². The summed E-state index contributed by atoms with van der Waals surface area (Å²) in [7, 11) is 0. The summed E-state index contributed by atoms with van der Waals surface area (Å²) in [6, 6.07) is 21.3. The highest BCUT2D eigenvalue weighted by molar-refractivity contribution is 8.00. The molecule has 9 heteroatoms. The zero-order valence-electron chi connectivity index (χ0n) is 18.8. The van der Waals surface area contributed by atoms with Crippen LogP contribution in [-0.2, 0) is 9.59 Å². The molecule has 3 atom stereocenters. The first-order chi connectivity index (χ1) is 17.0. The summed E-state index contributed by atoms with van der Waals surface area (Å²) in [6.45, 7) is 1.81. The van der Waals surface area contributed by atoms with Gasteiger partial charge in [-0.25, -0.2) is 4.39 Å². The van der Waals surface area contributed by atoms with Gasteiger partial charge in [-0.05, 0) is 42.6 Å². The van der Waals surface area contributed by atoms with Gasteiger partial charge in [0.05, 0.1) is 28.8 Å². The van der Waals surface area contributed by atoms with Gasteiger partial charge in [0.1, 0.15) is 5.82 Å². The van der Waals surface area contributed by atoms with Crippen LogP contribution in [0.25, 0.3) is 0 Å². The van der Waals surface area contributed by atoms with Gasteiger partial charge in [0.25, 0.3) is 5.91 Å². The third-order valence-electron chi connectivity index (χ3n) is 5.58. The molecule has 2 aromatic carbocycles. The summed E-state index contributed by atoms with van der Waals surface area (Å²) < 4.78 is 13.9. The van der Waals surface area contributed by atoms with Crippen molar-refractivity contribution in [1.82, 2.24) is 5.32 Å². The van der Waals surface area contributed by atoms with Crippen LogP contribution in [-0.4, -0.2) is 22.9 Å². The summed E-state index contributed by atoms with van der Waals surface area (Å²) in [4.78, 5) is 26.7. The number of allylic oxidation sites excluding steroid dienone is 1. The van der Waals surface area contributed by atoms with Crippen LogP contribution in [0.3, 0.4) is 0 Å². The van der Waals surface area contributed by atoms with E-state index in [0.717, 1.165) is 4.88 Å². The van der Waals surface area contributed by atoms with Crippen molar-refractivity contribution in [3.63, 3.8) is 0 Å². The number of nitriles is 1. The number of para-hydroxylation sites is 2. The van der Waals surface area contributed by atoms with Gasteiger partial charge in [-0.15, -0.1) is 23.1 Å². The molecule has 3 unspecified atom stereocenters. The Labute approximate surface area is 211 Å². The number of carbonyl (C=O) groups excluding carboxylic acids is 2. The van der Waals surface area contributed by atoms with Crippen molar-refractivity contribution in [2.45, 2.75) is 18.2 Å². The fourth-order valence-electron chi connectivity index (χ4n) is 3.99. The lowest BCUT2D eigenvalue weighted by Gasteiger charge is -2.37. The second-order valence-electron chi connectivity index (χ2n) is 7.91. The summed E-state index contributed by atoms with van der Waals surface area (Å²) >= 11 is 2.74. The Balaban J connectivity index is 1.55. The average Bonchev–Trinajstić information content (AvgIpc) is 3.39. The number of thioether (sulfide) groups is 1. The molecule has 0 aliphatic carbocycles. The Bertz CT molecular complexity index is 1270. The van der Waals surface area contributed by atoms with E-state index in [2.05, 4.69) is 22.0 Å². The number of halogens is 1. The molecule has 3 aromatic rings. The van der Waals surface area contributed by atoms with Crippen LogP contribution in [0.4, 0.5) is 15.8 Å². The molecule has 0 bridgehead atoms. The van der Waals surface area contributed by atoms with Crippen molar-refractivity contribution in [3.8, 4) is 6.07 Å². The standard InChI is InChI=1S/C26H23FN4O2S2/c1-16-23(25(33)30-17-8-3-2-4-9-17)24(21-12-7-13-34-21)18(14-28)26(29-16)35-15-22(32)31-20-11-6-5-10-19(20)27/h2-13,18,24,26,29H,15H2,1H3,(H,30,33)(H,31,32). The number of hydrogen-bond donors (Lipinski definition) is 3. The molecule has 6 nitrogen and oxygen atoms in total. The predicted octanol–water partition coefficient (Wildman–Crippen LogP) is 5.32. The molecule has 4 rings (SSSR count). The van der Waals surface area contributed by atoms with Crippen LogP contribution in [0, 0.1) is 23.1 Å². The number of carbonyl (C=O) groups is 2. The quantitative estimate of drug-likeness (QED) is 0.403. The minimum absolute atomic E-state index is 0.0141. The Morgan fingerprint density at radius 1 is 1.09 bits per heavy atom. The molecule has 35 heavy (non-hydrogen) atoms. The van der Waals surface area contributed by atoms with Gasteiger partial charge in [0.2, 0.25) is 5.91 Å². The molecule has 2 amide bonds. The number of hydrogen-bond acceptors (Lipinski definition) is 6. The molecule has 0 spiro atoms. The van der Waals surface area contributed by atoms with E-state index >= 15 is 0 Å². The number of anilines is 2. The average molecular weight is 507 g/mol. The van der Waals surface area contributed by atoms with Crippen LogP contribution in [0.5, 0.6) is 0 Å². The van der Waals surface area contributed by atoms with Gasteiger partial charge in [-0.1, -0.05) is 36.4 Å². The van der Waals surface area contributed by atoms with E-state index in [0.29, 0.717) is 17.0 Å². The normalized spacial score (nSPS) is 19.4. The largest absolute Gasteiger partial charge is 0.375 e. The van der Waals surface area contributed by atoms with E-state index in [-0.39, 0.29) is 23.3 Å². The Kier molecular flexibility index (Phi) is 7.85. The Morgan fingerprint density at radius 2 is 1.83 bits per heavy atom. The maximum absolute atomic E-state index is 13.9. The third kappa shape index (κ3) is 5.73. The molecule has 3 N–H and O–H groups in total. The molecule has 1 aromatic heterocycles. The number of amides is 2. The number of thiophene rings is 1. The number of rotatable bonds is 7. The molecule has 1 aliphatic rings. The van der Waals surface area contributed by atoms with Crippen molar-refractivity contribution in [2.24, 2.45) is 5.92 Å². The van der Waals surface area contributed by atoms with Crippen LogP contribution in [0.2, 0.25) is 0 Å². The maximum Gasteiger partial charge on any atom is 0.254 e. The van der Waals surface area contributed by atoms with E-state index in [1.54, 1.807) is 31.2 Å². The van der Waals surface area contributed by atoms with Crippen LogP contribution in [0.1, 0.15) is 17.7 Å². The smallest absolute Gasteiger partial charge is 0.254 e. The molecule has 0 fully saturated rings. The van der Waals surface area contributed by atoms with Crippen LogP contribution < -0.4 is 16.0 Å². The molecule has 0 saturated carbocycles. The summed E-state index contributed by atoms with van der Waals surface area (Å²) in [5.74, 6) is -2.22. The fraction of sp³-hybridized carbons (Fsp3) is 0.192. The van der Waals surface area contributed by atoms with Crippen molar-refractivity contribution in [3.05, 3.63) is 94.1 Å². The molecule has 0 radical (unpaired) electrons. The molecule has 1 aliphatic heterocycles. The lowest BCUT2D eigenvalue weighted by Crippen LogP contribution is -2.44. The topological polar surface area (TPSA) is 94.0 Å². The number of benzene rings is 2. The van der Waals surface area contributed by atoms with Gasteiger partial charge in [-0.3, -0.25) is 9.59 Å². The summed E-state index contributed by atoms with van der Waals surface area (Å²) in [5.41, 5.74) is 1.92. The van der Waals surface area contributed by atoms with Crippen molar-refractivity contribution < 1.29 is 14.0 Å². The third-order valence-corrected chi connectivity index (χ3v) is 7.73. The molecular formula is C26H23FN4O2S2. The minimum atomic E-state index is -0.611. The first kappa shape index (κ1) is 24.5. The van der Waals surface area contributed by atoms with Crippen LogP contribution >= 0.6 is 23.1 Å². The van der Waals surface area contributed by atoms with E-state index in [1.807, 2.05) is 35.7 Å². The lowest BCUT2D eigenvalue weighted by atomic mass is 9.81. The van der Waals surface area contributed by atoms with E-state index < -0.39 is 23.0 Å². The number of nitrogens with one attached hydrogen (secondary N) is 3. The Hall–Kier alpha value is -3.61. The van der Waals surface area contributed by atoms with Crippen molar-refractivity contribution in [2.75, 3.05) is 16.4 Å². The van der Waals surface area contributed by atoms with Gasteiger partial charge in [0, 0.05) is 27.8 Å². The van der Waals surface area contributed by atoms with Gasteiger partial charge >= 0.3 is 0 Å². The molecule has 2 heterocycles. The highest BCUT2D eigenvalue weighted by atomic mass is 32.2. The van der Waals surface area contributed by atoms with Gasteiger partial charge in [-0.2, -0.15) is 5.26 Å². The molecule has 0 saturated heterocycles.